The van der Waals surface area contributed by atoms with Crippen molar-refractivity contribution in [3.63, 3.8) is 0 Å². The van der Waals surface area contributed by atoms with Crippen LogP contribution in [-0.4, -0.2) is 25.8 Å². The molecule has 0 aliphatic carbocycles. The monoisotopic (exact) mass is 302 g/mol. The van der Waals surface area contributed by atoms with E-state index >= 15 is 0 Å². The Bertz CT molecular complexity index is 725. The van der Waals surface area contributed by atoms with Crippen LogP contribution in [0.5, 0.6) is 0 Å². The molecule has 0 aromatic heterocycles. The van der Waals surface area contributed by atoms with Gasteiger partial charge in [0, 0.05) is 24.6 Å². The topological polar surface area (TPSA) is 61.2 Å². The lowest BCUT2D eigenvalue weighted by molar-refractivity contribution is 0.471. The van der Waals surface area contributed by atoms with Gasteiger partial charge in [0.2, 0.25) is 10.0 Å². The minimum atomic E-state index is -3.53. The van der Waals surface area contributed by atoms with Crippen molar-refractivity contribution in [2.75, 3.05) is 13.1 Å². The third-order valence-electron chi connectivity index (χ3n) is 3.79. The van der Waals surface area contributed by atoms with Crippen LogP contribution in [0.25, 0.3) is 0 Å². The molecule has 4 nitrogen and oxygen atoms in total. The second-order valence-corrected chi connectivity index (χ2v) is 7.15. The number of hydrogen-bond donors (Lipinski definition) is 0. The number of aryl methyl sites for hydroxylation is 1. The van der Waals surface area contributed by atoms with Gasteiger partial charge in [-0.2, -0.15) is 9.57 Å². The number of nitrogens with zero attached hydrogens (tertiary/aromatic N) is 2. The summed E-state index contributed by atoms with van der Waals surface area (Å²) >= 11 is 0. The molecule has 0 amide bonds. The molecule has 1 atom stereocenters. The first-order valence-electron chi connectivity index (χ1n) is 6.69. The van der Waals surface area contributed by atoms with Gasteiger partial charge in [0.1, 0.15) is 0 Å². The van der Waals surface area contributed by atoms with Crippen LogP contribution < -0.4 is 0 Å². The standard InChI is InChI=1S/C16H18N2O2S/c1-4-14-10-18(11-16(14)13(3)9-17)21(19,20)15-7-5-12(2)6-8-15/h4-8,14H,1,10-11H2,2-3H3/b16-13-/t14-/m0/s1. The molecule has 1 aliphatic heterocycles. The molecule has 1 fully saturated rings. The third kappa shape index (κ3) is 2.92. The molecule has 1 aliphatic rings. The fourth-order valence-electron chi connectivity index (χ4n) is 2.43. The highest BCUT2D eigenvalue weighted by molar-refractivity contribution is 7.89. The van der Waals surface area contributed by atoms with E-state index in [-0.39, 0.29) is 17.4 Å². The van der Waals surface area contributed by atoms with E-state index in [1.54, 1.807) is 37.3 Å². The van der Waals surface area contributed by atoms with Gasteiger partial charge < -0.3 is 0 Å². The van der Waals surface area contributed by atoms with Crippen molar-refractivity contribution in [3.05, 3.63) is 53.6 Å². The SMILES string of the molecule is C=C[C@H]1CN(S(=O)(=O)c2ccc(C)cc2)C/C1=C(\C)C#N. The Kier molecular flexibility index (Phi) is 4.31. The van der Waals surface area contributed by atoms with E-state index in [0.29, 0.717) is 12.1 Å². The largest absolute Gasteiger partial charge is 0.243 e. The zero-order valence-electron chi connectivity index (χ0n) is 12.2. The number of hydrogen-bond acceptors (Lipinski definition) is 3. The summed E-state index contributed by atoms with van der Waals surface area (Å²) in [6.07, 6.45) is 1.71. The number of sulfonamides is 1. The summed E-state index contributed by atoms with van der Waals surface area (Å²) in [7, 11) is -3.53. The van der Waals surface area contributed by atoms with Crippen LogP contribution in [0, 0.1) is 24.2 Å². The molecule has 0 N–H and O–H groups in total. The maximum Gasteiger partial charge on any atom is 0.243 e. The van der Waals surface area contributed by atoms with Crippen LogP contribution in [0.4, 0.5) is 0 Å². The van der Waals surface area contributed by atoms with Gasteiger partial charge in [0.05, 0.1) is 11.0 Å². The van der Waals surface area contributed by atoms with Gasteiger partial charge in [-0.1, -0.05) is 23.8 Å². The summed E-state index contributed by atoms with van der Waals surface area (Å²) in [4.78, 5) is 0.284. The summed E-state index contributed by atoms with van der Waals surface area (Å²) in [6, 6.07) is 8.90. The molecule has 0 unspecified atom stereocenters. The molecule has 1 saturated heterocycles. The maximum absolute atomic E-state index is 12.6. The number of benzene rings is 1. The number of rotatable bonds is 3. The van der Waals surface area contributed by atoms with Crippen molar-refractivity contribution < 1.29 is 8.42 Å². The lowest BCUT2D eigenvalue weighted by Crippen LogP contribution is -2.28. The normalized spacial score (nSPS) is 21.9. The molecule has 1 aromatic carbocycles. The smallest absolute Gasteiger partial charge is 0.207 e. The van der Waals surface area contributed by atoms with Crippen LogP contribution in [0.2, 0.25) is 0 Å². The minimum absolute atomic E-state index is 0.0927. The van der Waals surface area contributed by atoms with Gasteiger partial charge in [0.25, 0.3) is 0 Å². The molecule has 1 aromatic rings. The molecule has 1 heterocycles. The number of nitriles is 1. The number of allylic oxidation sites excluding steroid dienone is 1. The van der Waals surface area contributed by atoms with E-state index in [2.05, 4.69) is 12.6 Å². The van der Waals surface area contributed by atoms with Gasteiger partial charge in [-0.3, -0.25) is 0 Å². The van der Waals surface area contributed by atoms with Crippen molar-refractivity contribution in [2.45, 2.75) is 18.7 Å². The molecule has 5 heteroatoms. The van der Waals surface area contributed by atoms with Crippen LogP contribution in [0.3, 0.4) is 0 Å². The molecule has 2 rings (SSSR count). The molecular formula is C16H18N2O2S. The highest BCUT2D eigenvalue weighted by Crippen LogP contribution is 2.30. The average molecular weight is 302 g/mol. The molecule has 0 saturated carbocycles. The van der Waals surface area contributed by atoms with Crippen LogP contribution in [0.1, 0.15) is 12.5 Å². The van der Waals surface area contributed by atoms with E-state index in [4.69, 9.17) is 5.26 Å². The van der Waals surface area contributed by atoms with E-state index in [9.17, 15) is 8.42 Å². The molecular weight excluding hydrogens is 284 g/mol. The summed E-state index contributed by atoms with van der Waals surface area (Å²) < 4.78 is 26.7. The van der Waals surface area contributed by atoms with E-state index in [1.165, 1.54) is 4.31 Å². The molecule has 0 radical (unpaired) electrons. The van der Waals surface area contributed by atoms with Gasteiger partial charge >= 0.3 is 0 Å². The zero-order valence-corrected chi connectivity index (χ0v) is 13.0. The lowest BCUT2D eigenvalue weighted by Gasteiger charge is -2.15. The Labute approximate surface area is 126 Å². The minimum Gasteiger partial charge on any atom is -0.207 e. The Morgan fingerprint density at radius 1 is 1.43 bits per heavy atom. The fraction of sp³-hybridized carbons (Fsp3) is 0.312. The predicted octanol–water partition coefficient (Wildman–Crippen LogP) is 2.64. The summed E-state index contributed by atoms with van der Waals surface area (Å²) in [5.74, 6) is -0.0927. The summed E-state index contributed by atoms with van der Waals surface area (Å²) in [5, 5.41) is 9.03. The molecule has 21 heavy (non-hydrogen) atoms. The average Bonchev–Trinajstić information content (AvgIpc) is 2.92. The Hall–Kier alpha value is -1.90. The van der Waals surface area contributed by atoms with Crippen molar-refractivity contribution in [3.8, 4) is 6.07 Å². The Balaban J connectivity index is 2.38. The Morgan fingerprint density at radius 3 is 2.57 bits per heavy atom. The van der Waals surface area contributed by atoms with E-state index < -0.39 is 10.0 Å². The van der Waals surface area contributed by atoms with E-state index in [1.807, 2.05) is 6.92 Å². The first kappa shape index (κ1) is 15.5. The van der Waals surface area contributed by atoms with Crippen molar-refractivity contribution in [1.82, 2.24) is 4.31 Å². The predicted molar refractivity (Wildman–Crippen MR) is 81.9 cm³/mol. The zero-order chi connectivity index (χ0) is 15.6. The van der Waals surface area contributed by atoms with Gasteiger partial charge in [-0.25, -0.2) is 8.42 Å². The summed E-state index contributed by atoms with van der Waals surface area (Å²) in [5.41, 5.74) is 2.42. The lowest BCUT2D eigenvalue weighted by atomic mass is 9.99. The maximum atomic E-state index is 12.6. The fourth-order valence-corrected chi connectivity index (χ4v) is 3.87. The third-order valence-corrected chi connectivity index (χ3v) is 5.61. The van der Waals surface area contributed by atoms with Crippen molar-refractivity contribution in [1.29, 1.82) is 5.26 Å². The summed E-state index contributed by atoms with van der Waals surface area (Å²) in [6.45, 7) is 7.97. The highest BCUT2D eigenvalue weighted by atomic mass is 32.2. The quantitative estimate of drug-likeness (QED) is 0.637. The second-order valence-electron chi connectivity index (χ2n) is 5.21. The van der Waals surface area contributed by atoms with Crippen LogP contribution in [-0.2, 0) is 10.0 Å². The molecule has 0 spiro atoms. The van der Waals surface area contributed by atoms with Gasteiger partial charge in [-0.05, 0) is 31.6 Å². The second kappa shape index (κ2) is 5.84. The first-order chi connectivity index (χ1) is 9.90. The van der Waals surface area contributed by atoms with Crippen LogP contribution in [0.15, 0.2) is 53.0 Å². The molecule has 0 bridgehead atoms. The van der Waals surface area contributed by atoms with Crippen molar-refractivity contribution in [2.24, 2.45) is 5.92 Å². The Morgan fingerprint density at radius 2 is 2.05 bits per heavy atom. The van der Waals surface area contributed by atoms with Crippen LogP contribution >= 0.6 is 0 Å². The molecule has 110 valence electrons. The van der Waals surface area contributed by atoms with E-state index in [0.717, 1.165) is 11.1 Å². The first-order valence-corrected chi connectivity index (χ1v) is 8.13. The van der Waals surface area contributed by atoms with Gasteiger partial charge in [0.15, 0.2) is 0 Å². The highest BCUT2D eigenvalue weighted by Gasteiger charge is 2.35. The van der Waals surface area contributed by atoms with Crippen molar-refractivity contribution >= 4 is 10.0 Å². The van der Waals surface area contributed by atoms with Gasteiger partial charge in [-0.15, -0.1) is 6.58 Å².